The maximum absolute atomic E-state index is 8.51. The van der Waals surface area contributed by atoms with Crippen molar-refractivity contribution in [3.8, 4) is 0 Å². The molecule has 0 spiro atoms. The number of hydrogen-bond donors (Lipinski definition) is 2. The van der Waals surface area contributed by atoms with E-state index in [1.54, 1.807) is 0 Å². The van der Waals surface area contributed by atoms with E-state index in [1.807, 2.05) is 0 Å². The fourth-order valence-corrected chi connectivity index (χ4v) is 0.561. The molecule has 1 rings (SSSR count). The van der Waals surface area contributed by atoms with Crippen molar-refractivity contribution >= 4 is 0 Å². The Kier molecular flexibility index (Phi) is 4.51. The molecule has 1 atom stereocenters. The molecule has 1 fully saturated rings. The van der Waals surface area contributed by atoms with Crippen LogP contribution in [0.4, 0.5) is 0 Å². The quantitative estimate of drug-likeness (QED) is 0.368. The first-order chi connectivity index (χ1) is 4.63. The van der Waals surface area contributed by atoms with E-state index < -0.39 is 11.4 Å². The van der Waals surface area contributed by atoms with E-state index in [-0.39, 0.29) is 0 Å². The average molecular weight is 151 g/mol. The summed E-state index contributed by atoms with van der Waals surface area (Å²) in [5.74, 6) is 0. The lowest BCUT2D eigenvalue weighted by Crippen LogP contribution is -1.99. The second kappa shape index (κ2) is 4.95. The third-order valence-electron chi connectivity index (χ3n) is 0.906. The molecule has 1 heterocycles. The summed E-state index contributed by atoms with van der Waals surface area (Å²) < 4.78 is 4.71. The molecule has 60 valence electrons. The Morgan fingerprint density at radius 1 is 1.70 bits per heavy atom. The van der Waals surface area contributed by atoms with Crippen molar-refractivity contribution < 1.29 is 20.1 Å². The maximum Gasteiger partial charge on any atom is 0.291 e. The standard InChI is InChI=1S/C4H8O2.HNO3/c5-4-2-1-3-6-4;2-1(3)4/h4-5H,1-3H2;(H,2,3,4). The van der Waals surface area contributed by atoms with Crippen LogP contribution in [0.25, 0.3) is 0 Å². The van der Waals surface area contributed by atoms with Crippen LogP contribution in [0.3, 0.4) is 0 Å². The van der Waals surface area contributed by atoms with Crippen molar-refractivity contribution in [2.75, 3.05) is 6.61 Å². The van der Waals surface area contributed by atoms with Crippen molar-refractivity contribution in [2.45, 2.75) is 19.1 Å². The van der Waals surface area contributed by atoms with Crippen LogP contribution in [0.5, 0.6) is 0 Å². The van der Waals surface area contributed by atoms with Crippen molar-refractivity contribution in [1.29, 1.82) is 0 Å². The smallest absolute Gasteiger partial charge is 0.291 e. The molecule has 1 saturated heterocycles. The third kappa shape index (κ3) is 7.12. The van der Waals surface area contributed by atoms with Gasteiger partial charge < -0.3 is 15.1 Å². The van der Waals surface area contributed by atoms with Gasteiger partial charge in [0.25, 0.3) is 5.09 Å². The predicted octanol–water partition coefficient (Wildman–Crippen LogP) is -0.233. The lowest BCUT2D eigenvalue weighted by Gasteiger charge is -1.93. The van der Waals surface area contributed by atoms with Gasteiger partial charge in [-0.1, -0.05) is 0 Å². The van der Waals surface area contributed by atoms with E-state index in [9.17, 15) is 0 Å². The summed E-state index contributed by atoms with van der Waals surface area (Å²) in [4.78, 5) is 8.36. The van der Waals surface area contributed by atoms with Crippen LogP contribution in [0.2, 0.25) is 0 Å². The van der Waals surface area contributed by atoms with Gasteiger partial charge in [-0.3, -0.25) is 0 Å². The molecule has 2 N–H and O–H groups in total. The van der Waals surface area contributed by atoms with E-state index >= 15 is 0 Å². The molecular formula is C4H9NO5. The predicted molar refractivity (Wildman–Crippen MR) is 30.0 cm³/mol. The number of aliphatic hydroxyl groups excluding tert-OH is 1. The third-order valence-corrected chi connectivity index (χ3v) is 0.906. The second-order valence-corrected chi connectivity index (χ2v) is 1.71. The zero-order valence-corrected chi connectivity index (χ0v) is 5.27. The Labute approximate surface area is 57.1 Å². The first kappa shape index (κ1) is 9.12. The molecule has 0 radical (unpaired) electrons. The van der Waals surface area contributed by atoms with Crippen LogP contribution in [-0.4, -0.2) is 28.3 Å². The summed E-state index contributed by atoms with van der Waals surface area (Å²) >= 11 is 0. The molecule has 1 unspecified atom stereocenters. The Bertz CT molecular complexity index is 95.8. The van der Waals surface area contributed by atoms with E-state index in [4.69, 9.17) is 25.2 Å². The monoisotopic (exact) mass is 151 g/mol. The van der Waals surface area contributed by atoms with Gasteiger partial charge in [-0.15, -0.1) is 10.1 Å². The first-order valence-electron chi connectivity index (χ1n) is 2.76. The molecular weight excluding hydrogens is 142 g/mol. The molecule has 1 aliphatic heterocycles. The average Bonchev–Trinajstić information content (AvgIpc) is 2.15. The molecule has 0 aromatic carbocycles. The largest absolute Gasteiger partial charge is 0.368 e. The SMILES string of the molecule is O=[N+]([O-])O.OC1CCCO1. The highest BCUT2D eigenvalue weighted by atomic mass is 16.9. The van der Waals surface area contributed by atoms with Gasteiger partial charge in [-0.2, -0.15) is 0 Å². The molecule has 6 heteroatoms. The first-order valence-corrected chi connectivity index (χ1v) is 2.76. The summed E-state index contributed by atoms with van der Waals surface area (Å²) in [6, 6.07) is 0. The van der Waals surface area contributed by atoms with Crippen molar-refractivity contribution in [1.82, 2.24) is 0 Å². The molecule has 0 aliphatic carbocycles. The van der Waals surface area contributed by atoms with Crippen LogP contribution in [-0.2, 0) is 4.74 Å². The summed E-state index contributed by atoms with van der Waals surface area (Å²) in [5, 5.41) is 22.1. The maximum atomic E-state index is 8.51. The van der Waals surface area contributed by atoms with Crippen LogP contribution < -0.4 is 0 Å². The van der Waals surface area contributed by atoms with Crippen LogP contribution in [0, 0.1) is 10.1 Å². The Balaban J connectivity index is 0.000000180. The number of hydrogen-bond acceptors (Lipinski definition) is 4. The van der Waals surface area contributed by atoms with E-state index in [2.05, 4.69) is 0 Å². The van der Waals surface area contributed by atoms with Crippen molar-refractivity contribution in [3.05, 3.63) is 10.1 Å². The minimum Gasteiger partial charge on any atom is -0.368 e. The molecule has 0 amide bonds. The van der Waals surface area contributed by atoms with Gasteiger partial charge in [0.2, 0.25) is 0 Å². The van der Waals surface area contributed by atoms with Crippen LogP contribution in [0.1, 0.15) is 12.8 Å². The molecule has 0 bridgehead atoms. The normalized spacial score (nSPS) is 23.1. The Morgan fingerprint density at radius 3 is 2.30 bits per heavy atom. The van der Waals surface area contributed by atoms with Gasteiger partial charge in [0, 0.05) is 13.0 Å². The molecule has 0 aromatic rings. The number of nitrogens with zero attached hydrogens (tertiary/aromatic N) is 1. The van der Waals surface area contributed by atoms with Gasteiger partial charge in [-0.25, -0.2) is 0 Å². The van der Waals surface area contributed by atoms with E-state index in [0.717, 1.165) is 19.4 Å². The number of ether oxygens (including phenoxy) is 1. The van der Waals surface area contributed by atoms with Gasteiger partial charge in [-0.05, 0) is 6.42 Å². The molecule has 10 heavy (non-hydrogen) atoms. The van der Waals surface area contributed by atoms with Gasteiger partial charge in [0.1, 0.15) is 0 Å². The number of rotatable bonds is 0. The second-order valence-electron chi connectivity index (χ2n) is 1.71. The zero-order valence-electron chi connectivity index (χ0n) is 5.27. The van der Waals surface area contributed by atoms with Crippen molar-refractivity contribution in [3.63, 3.8) is 0 Å². The molecule has 1 aliphatic rings. The minimum absolute atomic E-state index is 0.454. The zero-order chi connectivity index (χ0) is 7.98. The van der Waals surface area contributed by atoms with Gasteiger partial charge in [0.05, 0.1) is 0 Å². The molecule has 0 saturated carbocycles. The summed E-state index contributed by atoms with van der Waals surface area (Å²) in [6.45, 7) is 0.737. The van der Waals surface area contributed by atoms with Gasteiger partial charge in [0.15, 0.2) is 6.29 Å². The van der Waals surface area contributed by atoms with E-state index in [1.165, 1.54) is 0 Å². The minimum atomic E-state index is -1.50. The van der Waals surface area contributed by atoms with Gasteiger partial charge >= 0.3 is 0 Å². The highest BCUT2D eigenvalue weighted by molar-refractivity contribution is 4.49. The van der Waals surface area contributed by atoms with Crippen LogP contribution in [0.15, 0.2) is 0 Å². The topological polar surface area (TPSA) is 92.8 Å². The van der Waals surface area contributed by atoms with Crippen molar-refractivity contribution in [2.24, 2.45) is 0 Å². The molecule has 6 nitrogen and oxygen atoms in total. The lowest BCUT2D eigenvalue weighted by molar-refractivity contribution is -0.742. The summed E-state index contributed by atoms with van der Waals surface area (Å²) in [6.07, 6.45) is 1.38. The Morgan fingerprint density at radius 2 is 2.20 bits per heavy atom. The summed E-state index contributed by atoms with van der Waals surface area (Å²) in [7, 11) is 0. The fourth-order valence-electron chi connectivity index (χ4n) is 0.561. The Hall–Kier alpha value is -0.880. The fraction of sp³-hybridized carbons (Fsp3) is 1.00. The van der Waals surface area contributed by atoms with E-state index in [0.29, 0.717) is 0 Å². The highest BCUT2D eigenvalue weighted by Gasteiger charge is 2.09. The lowest BCUT2D eigenvalue weighted by atomic mass is 10.4. The number of aliphatic hydroxyl groups is 1. The van der Waals surface area contributed by atoms with Crippen LogP contribution >= 0.6 is 0 Å². The highest BCUT2D eigenvalue weighted by Crippen LogP contribution is 2.06. The summed E-state index contributed by atoms with van der Waals surface area (Å²) in [5.41, 5.74) is 0. The molecule has 0 aromatic heterocycles.